The summed E-state index contributed by atoms with van der Waals surface area (Å²) in [4.78, 5) is 2.26. The van der Waals surface area contributed by atoms with Crippen LogP contribution in [-0.2, 0) is 0 Å². The Balaban J connectivity index is 2.39. The van der Waals surface area contributed by atoms with Crippen LogP contribution in [-0.4, -0.2) is 24.0 Å². The highest BCUT2D eigenvalue weighted by Gasteiger charge is 2.14. The summed E-state index contributed by atoms with van der Waals surface area (Å²) < 4.78 is 0. The van der Waals surface area contributed by atoms with Gasteiger partial charge in [-0.15, -0.1) is 0 Å². The van der Waals surface area contributed by atoms with Gasteiger partial charge < -0.3 is 10.6 Å². The lowest BCUT2D eigenvalue weighted by Crippen LogP contribution is -2.41. The van der Waals surface area contributed by atoms with Crippen LogP contribution in [0.15, 0.2) is 12.3 Å². The van der Waals surface area contributed by atoms with E-state index in [2.05, 4.69) is 11.5 Å². The number of likely N-dealkylation sites (tertiary alicyclic amines) is 1. The molecule has 0 aliphatic carbocycles. The van der Waals surface area contributed by atoms with Crippen LogP contribution >= 0.6 is 0 Å². The summed E-state index contributed by atoms with van der Waals surface area (Å²) in [5.74, 6) is 0. The van der Waals surface area contributed by atoms with Gasteiger partial charge in [0.2, 0.25) is 0 Å². The average molecular weight is 140 g/mol. The molecule has 0 spiro atoms. The molecular weight excluding hydrogens is 124 g/mol. The van der Waals surface area contributed by atoms with Crippen LogP contribution in [0.5, 0.6) is 0 Å². The van der Waals surface area contributed by atoms with Crippen molar-refractivity contribution in [3.05, 3.63) is 12.3 Å². The monoisotopic (exact) mass is 140 g/mol. The first-order valence-electron chi connectivity index (χ1n) is 3.86. The maximum absolute atomic E-state index is 5.78. The fraction of sp³-hybridized carbons (Fsp3) is 0.750. The first kappa shape index (κ1) is 7.61. The zero-order valence-corrected chi connectivity index (χ0v) is 6.64. The molecule has 2 N–H and O–H groups in total. The standard InChI is InChI=1S/C8H16N2/c1-7(2)10-5-3-4-8(9)6-10/h8H,1,3-6,9H2,2H3/t8-/m1/s1. The van der Waals surface area contributed by atoms with Crippen molar-refractivity contribution in [3.63, 3.8) is 0 Å². The third-order valence-corrected chi connectivity index (χ3v) is 2.00. The second kappa shape index (κ2) is 3.06. The molecule has 1 aliphatic rings. The fourth-order valence-electron chi connectivity index (χ4n) is 1.36. The van der Waals surface area contributed by atoms with Gasteiger partial charge in [0.1, 0.15) is 0 Å². The largest absolute Gasteiger partial charge is 0.374 e. The van der Waals surface area contributed by atoms with Crippen molar-refractivity contribution in [1.29, 1.82) is 0 Å². The highest BCUT2D eigenvalue weighted by molar-refractivity contribution is 4.92. The number of nitrogens with two attached hydrogens (primary N) is 1. The molecule has 0 aromatic heterocycles. The molecule has 1 aliphatic heterocycles. The van der Waals surface area contributed by atoms with E-state index in [0.717, 1.165) is 18.8 Å². The molecule has 58 valence electrons. The predicted molar refractivity (Wildman–Crippen MR) is 43.6 cm³/mol. The summed E-state index contributed by atoms with van der Waals surface area (Å²) in [5, 5.41) is 0. The minimum absolute atomic E-state index is 0.366. The number of allylic oxidation sites excluding steroid dienone is 1. The highest BCUT2D eigenvalue weighted by Crippen LogP contribution is 2.11. The summed E-state index contributed by atoms with van der Waals surface area (Å²) in [7, 11) is 0. The zero-order chi connectivity index (χ0) is 7.56. The molecule has 1 heterocycles. The lowest BCUT2D eigenvalue weighted by molar-refractivity contribution is 0.261. The number of rotatable bonds is 1. The Bertz CT molecular complexity index is 131. The quantitative estimate of drug-likeness (QED) is 0.587. The van der Waals surface area contributed by atoms with E-state index in [9.17, 15) is 0 Å². The van der Waals surface area contributed by atoms with Crippen LogP contribution in [0, 0.1) is 0 Å². The van der Waals surface area contributed by atoms with Crippen molar-refractivity contribution in [1.82, 2.24) is 4.90 Å². The van der Waals surface area contributed by atoms with Crippen molar-refractivity contribution in [2.24, 2.45) is 5.73 Å². The number of hydrogen-bond donors (Lipinski definition) is 1. The molecule has 2 nitrogen and oxygen atoms in total. The Morgan fingerprint density at radius 2 is 2.40 bits per heavy atom. The van der Waals surface area contributed by atoms with Crippen LogP contribution in [0.4, 0.5) is 0 Å². The molecule has 0 saturated carbocycles. The fourth-order valence-corrected chi connectivity index (χ4v) is 1.36. The van der Waals surface area contributed by atoms with Crippen molar-refractivity contribution >= 4 is 0 Å². The molecule has 2 heteroatoms. The first-order chi connectivity index (χ1) is 4.70. The average Bonchev–Trinajstić information content (AvgIpc) is 1.88. The molecule has 0 amide bonds. The maximum Gasteiger partial charge on any atom is 0.0326 e. The molecule has 1 atom stereocenters. The Kier molecular flexibility index (Phi) is 2.33. The Morgan fingerprint density at radius 1 is 1.70 bits per heavy atom. The highest BCUT2D eigenvalue weighted by atomic mass is 15.1. The Morgan fingerprint density at radius 3 is 2.80 bits per heavy atom. The van der Waals surface area contributed by atoms with Crippen LogP contribution in [0.2, 0.25) is 0 Å². The molecule has 0 aromatic rings. The van der Waals surface area contributed by atoms with E-state index in [1.165, 1.54) is 12.8 Å². The third kappa shape index (κ3) is 1.74. The second-order valence-corrected chi connectivity index (χ2v) is 3.08. The van der Waals surface area contributed by atoms with Gasteiger partial charge in [0.25, 0.3) is 0 Å². The number of hydrogen-bond acceptors (Lipinski definition) is 2. The van der Waals surface area contributed by atoms with E-state index >= 15 is 0 Å². The molecule has 10 heavy (non-hydrogen) atoms. The topological polar surface area (TPSA) is 29.3 Å². The van der Waals surface area contributed by atoms with Crippen LogP contribution in [0.1, 0.15) is 19.8 Å². The Labute approximate surface area is 62.7 Å². The van der Waals surface area contributed by atoms with E-state index in [1.54, 1.807) is 0 Å². The lowest BCUT2D eigenvalue weighted by atomic mass is 10.1. The van der Waals surface area contributed by atoms with Gasteiger partial charge >= 0.3 is 0 Å². The lowest BCUT2D eigenvalue weighted by Gasteiger charge is -2.32. The summed E-state index contributed by atoms with van der Waals surface area (Å²) in [6.07, 6.45) is 2.39. The van der Waals surface area contributed by atoms with Crippen LogP contribution in [0.3, 0.4) is 0 Å². The smallest absolute Gasteiger partial charge is 0.0326 e. The van der Waals surface area contributed by atoms with Crippen LogP contribution < -0.4 is 5.73 Å². The number of piperidine rings is 1. The van der Waals surface area contributed by atoms with Crippen molar-refractivity contribution < 1.29 is 0 Å². The molecule has 1 fully saturated rings. The molecule has 0 aromatic carbocycles. The van der Waals surface area contributed by atoms with E-state index in [0.29, 0.717) is 6.04 Å². The summed E-state index contributed by atoms with van der Waals surface area (Å²) in [6.45, 7) is 8.06. The van der Waals surface area contributed by atoms with Gasteiger partial charge in [-0.25, -0.2) is 0 Å². The molecule has 0 radical (unpaired) electrons. The van der Waals surface area contributed by atoms with E-state index in [1.807, 2.05) is 6.92 Å². The van der Waals surface area contributed by atoms with E-state index in [4.69, 9.17) is 5.73 Å². The first-order valence-corrected chi connectivity index (χ1v) is 3.86. The van der Waals surface area contributed by atoms with E-state index < -0.39 is 0 Å². The minimum Gasteiger partial charge on any atom is -0.374 e. The van der Waals surface area contributed by atoms with Crippen molar-refractivity contribution in [2.45, 2.75) is 25.8 Å². The molecule has 1 rings (SSSR count). The minimum atomic E-state index is 0.366. The van der Waals surface area contributed by atoms with Crippen LogP contribution in [0.25, 0.3) is 0 Å². The molecule has 0 unspecified atom stereocenters. The van der Waals surface area contributed by atoms with E-state index in [-0.39, 0.29) is 0 Å². The molecule has 0 bridgehead atoms. The predicted octanol–water partition coefficient (Wildman–Crippen LogP) is 0.943. The summed E-state index contributed by atoms with van der Waals surface area (Å²) >= 11 is 0. The SMILES string of the molecule is C=C(C)N1CCC[C@@H](N)C1. The number of nitrogens with zero attached hydrogens (tertiary/aromatic N) is 1. The van der Waals surface area contributed by atoms with Crippen molar-refractivity contribution in [2.75, 3.05) is 13.1 Å². The molecule has 1 saturated heterocycles. The van der Waals surface area contributed by atoms with Gasteiger partial charge in [0.05, 0.1) is 0 Å². The van der Waals surface area contributed by atoms with Gasteiger partial charge in [0.15, 0.2) is 0 Å². The van der Waals surface area contributed by atoms with Gasteiger partial charge in [-0.1, -0.05) is 6.58 Å². The zero-order valence-electron chi connectivity index (χ0n) is 6.64. The van der Waals surface area contributed by atoms with Gasteiger partial charge in [-0.2, -0.15) is 0 Å². The normalized spacial score (nSPS) is 26.6. The maximum atomic E-state index is 5.78. The second-order valence-electron chi connectivity index (χ2n) is 3.08. The van der Waals surface area contributed by atoms with Gasteiger partial charge in [-0.05, 0) is 19.8 Å². The summed E-state index contributed by atoms with van der Waals surface area (Å²) in [5.41, 5.74) is 6.93. The van der Waals surface area contributed by atoms with Gasteiger partial charge in [-0.3, -0.25) is 0 Å². The third-order valence-electron chi connectivity index (χ3n) is 2.00. The van der Waals surface area contributed by atoms with Crippen molar-refractivity contribution in [3.8, 4) is 0 Å². The molecular formula is C8H16N2. The Hall–Kier alpha value is -0.500. The van der Waals surface area contributed by atoms with Gasteiger partial charge in [0, 0.05) is 24.8 Å². The summed E-state index contributed by atoms with van der Waals surface area (Å²) in [6, 6.07) is 0.366.